The Kier molecular flexibility index (Phi) is 20.9. The molecule has 0 saturated carbocycles. The van der Waals surface area contributed by atoms with Gasteiger partial charge in [-0.25, -0.2) is 0 Å². The maximum absolute atomic E-state index is 2.49. The van der Waals surface area contributed by atoms with Crippen molar-refractivity contribution in [3.05, 3.63) is 0 Å². The summed E-state index contributed by atoms with van der Waals surface area (Å²) in [6, 6.07) is 0. The molecule has 3 atom stereocenters. The van der Waals surface area contributed by atoms with E-state index in [2.05, 4.69) is 48.5 Å². The van der Waals surface area contributed by atoms with E-state index in [4.69, 9.17) is 0 Å². The Balaban J connectivity index is 0. The van der Waals surface area contributed by atoms with Gasteiger partial charge in [0.15, 0.2) is 0 Å². The normalized spacial score (nSPS) is 16.8. The van der Waals surface area contributed by atoms with Crippen LogP contribution in [-0.2, 0) is 0 Å². The van der Waals surface area contributed by atoms with Crippen molar-refractivity contribution in [2.24, 2.45) is 17.8 Å². The van der Waals surface area contributed by atoms with Crippen LogP contribution in [0.2, 0.25) is 0 Å². The van der Waals surface area contributed by atoms with Crippen LogP contribution in [0.3, 0.4) is 0 Å². The summed E-state index contributed by atoms with van der Waals surface area (Å²) < 4.78 is 1.41. The van der Waals surface area contributed by atoms with E-state index in [1.54, 1.807) is 0 Å². The Labute approximate surface area is 186 Å². The van der Waals surface area contributed by atoms with Crippen molar-refractivity contribution in [2.75, 3.05) is 26.2 Å². The van der Waals surface area contributed by atoms with Gasteiger partial charge < -0.3 is 16.9 Å². The summed E-state index contributed by atoms with van der Waals surface area (Å²) >= 11 is 0. The summed E-state index contributed by atoms with van der Waals surface area (Å²) in [6.07, 6.45) is 16.8. The molecule has 0 spiro atoms. The lowest BCUT2D eigenvalue weighted by molar-refractivity contribution is -0.936. The lowest BCUT2D eigenvalue weighted by Gasteiger charge is -2.44. The van der Waals surface area contributed by atoms with Crippen LogP contribution >= 0.6 is 0 Å². The van der Waals surface area contributed by atoms with Gasteiger partial charge in [0.05, 0.1) is 26.2 Å². The number of quaternary nitrogens is 1. The highest BCUT2D eigenvalue weighted by Crippen LogP contribution is 2.28. The SMILES string of the molecule is CCCCC(CC)C[N+](CC)(CC(CC)CCCC)CC(CC)CCCC.[Cl-]. The maximum Gasteiger partial charge on any atom is 0.0815 e. The number of rotatable bonds is 19. The van der Waals surface area contributed by atoms with Crippen molar-refractivity contribution >= 4 is 0 Å². The molecular formula is C26H56ClN. The van der Waals surface area contributed by atoms with E-state index in [-0.39, 0.29) is 12.4 Å². The monoisotopic (exact) mass is 417 g/mol. The second-order valence-electron chi connectivity index (χ2n) is 9.46. The van der Waals surface area contributed by atoms with Crippen LogP contribution in [0.4, 0.5) is 0 Å². The molecular weight excluding hydrogens is 362 g/mol. The zero-order valence-corrected chi connectivity index (χ0v) is 21.6. The first kappa shape index (κ1) is 30.4. The first-order chi connectivity index (χ1) is 13.0. The molecule has 0 heterocycles. The van der Waals surface area contributed by atoms with E-state index in [1.807, 2.05) is 0 Å². The van der Waals surface area contributed by atoms with Gasteiger partial charge in [0, 0.05) is 17.8 Å². The van der Waals surface area contributed by atoms with E-state index in [9.17, 15) is 0 Å². The molecule has 28 heavy (non-hydrogen) atoms. The van der Waals surface area contributed by atoms with Crippen LogP contribution in [0.5, 0.6) is 0 Å². The molecule has 0 fully saturated rings. The van der Waals surface area contributed by atoms with Crippen molar-refractivity contribution in [1.82, 2.24) is 0 Å². The van der Waals surface area contributed by atoms with Crippen molar-refractivity contribution in [2.45, 2.75) is 126 Å². The molecule has 172 valence electrons. The van der Waals surface area contributed by atoms with Gasteiger partial charge in [0.2, 0.25) is 0 Å². The highest BCUT2D eigenvalue weighted by atomic mass is 35.5. The average molecular weight is 418 g/mol. The van der Waals surface area contributed by atoms with E-state index < -0.39 is 0 Å². The standard InChI is InChI=1S/C26H56N.ClH/c1-8-15-18-24(11-4)21-27(14-7,22-25(12-5)19-16-9-2)23-26(13-6)20-17-10-3;/h24-26H,8-23H2,1-7H3;1H/q+1;/p-1. The molecule has 0 aliphatic rings. The third-order valence-corrected chi connectivity index (χ3v) is 7.24. The van der Waals surface area contributed by atoms with Gasteiger partial charge in [-0.2, -0.15) is 0 Å². The van der Waals surface area contributed by atoms with Gasteiger partial charge in [-0.1, -0.05) is 80.1 Å². The molecule has 0 amide bonds. The van der Waals surface area contributed by atoms with Gasteiger partial charge in [0.25, 0.3) is 0 Å². The molecule has 0 radical (unpaired) electrons. The fourth-order valence-corrected chi connectivity index (χ4v) is 5.01. The minimum Gasteiger partial charge on any atom is -1.00 e. The molecule has 0 aliphatic heterocycles. The van der Waals surface area contributed by atoms with E-state index in [1.165, 1.54) is 108 Å². The molecule has 3 unspecified atom stereocenters. The first-order valence-electron chi connectivity index (χ1n) is 12.9. The second kappa shape index (κ2) is 19.2. The largest absolute Gasteiger partial charge is 1.00 e. The Morgan fingerprint density at radius 2 is 0.786 bits per heavy atom. The molecule has 0 N–H and O–H groups in total. The fraction of sp³-hybridized carbons (Fsp3) is 1.00. The molecule has 0 bridgehead atoms. The summed E-state index contributed by atoms with van der Waals surface area (Å²) in [7, 11) is 0. The fourth-order valence-electron chi connectivity index (χ4n) is 5.01. The van der Waals surface area contributed by atoms with Crippen molar-refractivity contribution in [1.29, 1.82) is 0 Å². The van der Waals surface area contributed by atoms with Crippen LogP contribution in [0.15, 0.2) is 0 Å². The lowest BCUT2D eigenvalue weighted by Crippen LogP contribution is -3.00. The molecule has 0 aromatic carbocycles. The third-order valence-electron chi connectivity index (χ3n) is 7.24. The summed E-state index contributed by atoms with van der Waals surface area (Å²) in [5, 5.41) is 0. The molecule has 0 aromatic rings. The third kappa shape index (κ3) is 12.7. The Morgan fingerprint density at radius 1 is 0.500 bits per heavy atom. The summed E-state index contributed by atoms with van der Waals surface area (Å²) in [4.78, 5) is 0. The summed E-state index contributed by atoms with van der Waals surface area (Å²) in [5.41, 5.74) is 0. The molecule has 1 nitrogen and oxygen atoms in total. The van der Waals surface area contributed by atoms with Crippen LogP contribution in [0.25, 0.3) is 0 Å². The predicted molar refractivity (Wildman–Crippen MR) is 125 cm³/mol. The van der Waals surface area contributed by atoms with Crippen LogP contribution in [0, 0.1) is 17.8 Å². The minimum absolute atomic E-state index is 0. The predicted octanol–water partition coefficient (Wildman–Crippen LogP) is 5.48. The average Bonchev–Trinajstić information content (AvgIpc) is 2.70. The van der Waals surface area contributed by atoms with E-state index in [0.717, 1.165) is 17.8 Å². The molecule has 0 aliphatic carbocycles. The number of unbranched alkanes of at least 4 members (excludes halogenated alkanes) is 3. The van der Waals surface area contributed by atoms with Gasteiger partial charge >= 0.3 is 0 Å². The highest BCUT2D eigenvalue weighted by Gasteiger charge is 2.33. The second-order valence-corrected chi connectivity index (χ2v) is 9.46. The van der Waals surface area contributed by atoms with Gasteiger partial charge in [-0.15, -0.1) is 0 Å². The Hall–Kier alpha value is 0.250. The number of nitrogens with zero attached hydrogens (tertiary/aromatic N) is 1. The topological polar surface area (TPSA) is 0 Å². The molecule has 0 aromatic heterocycles. The number of hydrogen-bond acceptors (Lipinski definition) is 0. The van der Waals surface area contributed by atoms with Crippen LogP contribution in [-0.4, -0.2) is 30.7 Å². The number of halogens is 1. The van der Waals surface area contributed by atoms with Crippen LogP contribution < -0.4 is 12.4 Å². The molecule has 0 rings (SSSR count). The summed E-state index contributed by atoms with van der Waals surface area (Å²) in [5.74, 6) is 2.78. The van der Waals surface area contributed by atoms with E-state index in [0.29, 0.717) is 0 Å². The molecule has 0 saturated heterocycles. The van der Waals surface area contributed by atoms with E-state index >= 15 is 0 Å². The Morgan fingerprint density at radius 3 is 0.964 bits per heavy atom. The maximum atomic E-state index is 2.49. The lowest BCUT2D eigenvalue weighted by atomic mass is 9.90. The highest BCUT2D eigenvalue weighted by molar-refractivity contribution is 4.66. The summed E-state index contributed by atoms with van der Waals surface area (Å²) in [6.45, 7) is 22.5. The zero-order chi connectivity index (χ0) is 20.5. The first-order valence-corrected chi connectivity index (χ1v) is 12.9. The zero-order valence-electron chi connectivity index (χ0n) is 20.9. The Bertz CT molecular complexity index is 272. The van der Waals surface area contributed by atoms with Crippen LogP contribution in [0.1, 0.15) is 126 Å². The number of hydrogen-bond donors (Lipinski definition) is 0. The van der Waals surface area contributed by atoms with Gasteiger partial charge in [-0.05, 0) is 45.4 Å². The molecule has 2 heteroatoms. The smallest absolute Gasteiger partial charge is 0.0815 e. The van der Waals surface area contributed by atoms with Crippen molar-refractivity contribution in [3.63, 3.8) is 0 Å². The van der Waals surface area contributed by atoms with Crippen molar-refractivity contribution in [3.8, 4) is 0 Å². The van der Waals surface area contributed by atoms with Crippen molar-refractivity contribution < 1.29 is 16.9 Å². The van der Waals surface area contributed by atoms with Gasteiger partial charge in [0.1, 0.15) is 0 Å². The quantitative estimate of drug-likeness (QED) is 0.244. The minimum atomic E-state index is 0. The van der Waals surface area contributed by atoms with Gasteiger partial charge in [-0.3, -0.25) is 0 Å².